The quantitative estimate of drug-likeness (QED) is 0.324. The summed E-state index contributed by atoms with van der Waals surface area (Å²) in [5.41, 5.74) is 3.68. The minimum absolute atomic E-state index is 0.218. The summed E-state index contributed by atoms with van der Waals surface area (Å²) in [7, 11) is -3.60. The number of anilines is 1. The molecule has 4 heterocycles. The number of para-hydroxylation sites is 1. The van der Waals surface area contributed by atoms with Crippen LogP contribution in [0.1, 0.15) is 34.6 Å². The SMILES string of the molecule is CCN1CCN(S(=O)(=O)c2ccc(C(=O)Nc3sc4c(c3-c3nc5ccccc5s3)CCN(CC)C4)cc2)CC1. The van der Waals surface area contributed by atoms with Gasteiger partial charge < -0.3 is 10.2 Å². The Morgan fingerprint density at radius 2 is 1.65 bits per heavy atom. The normalized spacial score (nSPS) is 17.2. The Labute approximate surface area is 243 Å². The van der Waals surface area contributed by atoms with Crippen molar-refractivity contribution in [1.29, 1.82) is 0 Å². The largest absolute Gasteiger partial charge is 0.313 e. The number of nitrogens with zero attached hydrogens (tertiary/aromatic N) is 4. The highest BCUT2D eigenvalue weighted by Crippen LogP contribution is 2.45. The molecule has 0 atom stereocenters. The van der Waals surface area contributed by atoms with Gasteiger partial charge in [0.05, 0.1) is 15.1 Å². The van der Waals surface area contributed by atoms with Crippen molar-refractivity contribution < 1.29 is 13.2 Å². The molecule has 11 heteroatoms. The van der Waals surface area contributed by atoms with Crippen LogP contribution in [0.5, 0.6) is 0 Å². The Bertz CT molecular complexity index is 1600. The molecular formula is C29H33N5O3S3. The second-order valence-corrected chi connectivity index (χ2v) is 14.2. The maximum absolute atomic E-state index is 13.4. The molecule has 210 valence electrons. The third-order valence-corrected chi connectivity index (χ3v) is 11.9. The van der Waals surface area contributed by atoms with E-state index < -0.39 is 10.0 Å². The lowest BCUT2D eigenvalue weighted by Crippen LogP contribution is -2.48. The van der Waals surface area contributed by atoms with Crippen LogP contribution in [0.4, 0.5) is 5.00 Å². The third-order valence-electron chi connectivity index (χ3n) is 7.85. The van der Waals surface area contributed by atoms with Crippen molar-refractivity contribution in [3.63, 3.8) is 0 Å². The number of carbonyl (C=O) groups is 1. The molecule has 6 rings (SSSR count). The van der Waals surface area contributed by atoms with E-state index in [2.05, 4.69) is 35.0 Å². The van der Waals surface area contributed by atoms with E-state index >= 15 is 0 Å². The van der Waals surface area contributed by atoms with Crippen LogP contribution in [0.25, 0.3) is 20.8 Å². The van der Waals surface area contributed by atoms with Gasteiger partial charge in [-0.25, -0.2) is 13.4 Å². The summed E-state index contributed by atoms with van der Waals surface area (Å²) in [6, 6.07) is 14.4. The number of amides is 1. The van der Waals surface area contributed by atoms with Crippen molar-refractivity contribution in [3.8, 4) is 10.6 Å². The minimum Gasteiger partial charge on any atom is -0.313 e. The summed E-state index contributed by atoms with van der Waals surface area (Å²) in [5.74, 6) is -0.256. The van der Waals surface area contributed by atoms with Gasteiger partial charge in [0.1, 0.15) is 10.0 Å². The fourth-order valence-electron chi connectivity index (χ4n) is 5.41. The first kappa shape index (κ1) is 27.5. The highest BCUT2D eigenvalue weighted by Gasteiger charge is 2.29. The number of rotatable bonds is 7. The molecule has 4 aromatic rings. The van der Waals surface area contributed by atoms with E-state index in [1.807, 2.05) is 18.2 Å². The number of piperazine rings is 1. The van der Waals surface area contributed by atoms with E-state index in [1.165, 1.54) is 14.7 Å². The molecule has 0 unspecified atom stereocenters. The molecule has 0 bridgehead atoms. The molecule has 2 aliphatic rings. The predicted octanol–water partition coefficient (Wildman–Crippen LogP) is 4.98. The van der Waals surface area contributed by atoms with Gasteiger partial charge in [-0.3, -0.25) is 9.69 Å². The monoisotopic (exact) mass is 595 g/mol. The second kappa shape index (κ2) is 11.3. The highest BCUT2D eigenvalue weighted by atomic mass is 32.2. The van der Waals surface area contributed by atoms with Crippen LogP contribution in [-0.2, 0) is 23.0 Å². The molecule has 2 aromatic carbocycles. The van der Waals surface area contributed by atoms with Gasteiger partial charge in [-0.15, -0.1) is 22.7 Å². The van der Waals surface area contributed by atoms with Crippen LogP contribution < -0.4 is 5.32 Å². The van der Waals surface area contributed by atoms with E-state index in [0.717, 1.165) is 71.5 Å². The summed E-state index contributed by atoms with van der Waals surface area (Å²) in [5, 5.41) is 4.88. The average molecular weight is 596 g/mol. The molecule has 1 saturated heterocycles. The maximum atomic E-state index is 13.4. The number of carbonyl (C=O) groups excluding carboxylic acids is 1. The molecule has 0 radical (unpaired) electrons. The lowest BCUT2D eigenvalue weighted by Gasteiger charge is -2.33. The fraction of sp³-hybridized carbons (Fsp3) is 0.379. The van der Waals surface area contributed by atoms with Crippen molar-refractivity contribution in [3.05, 3.63) is 64.5 Å². The number of fused-ring (bicyclic) bond motifs is 2. The van der Waals surface area contributed by atoms with Gasteiger partial charge in [0.2, 0.25) is 10.0 Å². The number of hydrogen-bond acceptors (Lipinski definition) is 8. The first-order valence-electron chi connectivity index (χ1n) is 13.7. The van der Waals surface area contributed by atoms with Gasteiger partial charge in [0, 0.05) is 55.3 Å². The number of hydrogen-bond donors (Lipinski definition) is 1. The Hall–Kier alpha value is -2.67. The van der Waals surface area contributed by atoms with Crippen LogP contribution >= 0.6 is 22.7 Å². The molecule has 1 fully saturated rings. The minimum atomic E-state index is -3.60. The molecule has 40 heavy (non-hydrogen) atoms. The van der Waals surface area contributed by atoms with E-state index in [0.29, 0.717) is 18.7 Å². The Morgan fingerprint density at radius 3 is 2.35 bits per heavy atom. The third kappa shape index (κ3) is 5.22. The zero-order chi connectivity index (χ0) is 27.9. The summed E-state index contributed by atoms with van der Waals surface area (Å²) >= 11 is 3.27. The van der Waals surface area contributed by atoms with Crippen molar-refractivity contribution >= 4 is 53.8 Å². The molecule has 0 spiro atoms. The molecule has 8 nitrogen and oxygen atoms in total. The van der Waals surface area contributed by atoms with Crippen molar-refractivity contribution in [2.45, 2.75) is 31.7 Å². The highest BCUT2D eigenvalue weighted by molar-refractivity contribution is 7.89. The Kier molecular flexibility index (Phi) is 7.77. The second-order valence-electron chi connectivity index (χ2n) is 10.1. The van der Waals surface area contributed by atoms with E-state index in [1.54, 1.807) is 46.9 Å². The van der Waals surface area contributed by atoms with Crippen LogP contribution in [0.15, 0.2) is 53.4 Å². The summed E-state index contributed by atoms with van der Waals surface area (Å²) in [6.07, 6.45) is 0.917. The maximum Gasteiger partial charge on any atom is 0.256 e. The van der Waals surface area contributed by atoms with Crippen molar-refractivity contribution in [1.82, 2.24) is 19.1 Å². The predicted molar refractivity (Wildman–Crippen MR) is 163 cm³/mol. The topological polar surface area (TPSA) is 85.8 Å². The van der Waals surface area contributed by atoms with E-state index in [4.69, 9.17) is 4.98 Å². The smallest absolute Gasteiger partial charge is 0.256 e. The van der Waals surface area contributed by atoms with Crippen molar-refractivity contribution in [2.24, 2.45) is 0 Å². The number of sulfonamides is 1. The molecule has 2 aromatic heterocycles. The van der Waals surface area contributed by atoms with Gasteiger partial charge in [0.15, 0.2) is 0 Å². The van der Waals surface area contributed by atoms with Crippen molar-refractivity contribution in [2.75, 3.05) is 51.1 Å². The van der Waals surface area contributed by atoms with Crippen LogP contribution in [0.3, 0.4) is 0 Å². The summed E-state index contributed by atoms with van der Waals surface area (Å²) in [6.45, 7) is 10.4. The number of thiazole rings is 1. The summed E-state index contributed by atoms with van der Waals surface area (Å²) < 4.78 is 29.0. The first-order chi connectivity index (χ1) is 19.4. The number of likely N-dealkylation sites (N-methyl/N-ethyl adjacent to an activating group) is 2. The Morgan fingerprint density at radius 1 is 0.925 bits per heavy atom. The molecule has 1 N–H and O–H groups in total. The standard InChI is InChI=1S/C29H33N5O3S3/c1-3-32-15-17-34(18-16-32)40(36,37)21-11-9-20(10-12-21)27(35)31-29-26(22-13-14-33(4-2)19-25(22)39-29)28-30-23-7-5-6-8-24(23)38-28/h5-12H,3-4,13-19H2,1-2H3,(H,31,35). The molecule has 0 aliphatic carbocycles. The van der Waals surface area contributed by atoms with Gasteiger partial charge in [-0.2, -0.15) is 4.31 Å². The molecule has 1 amide bonds. The summed E-state index contributed by atoms with van der Waals surface area (Å²) in [4.78, 5) is 24.5. The van der Waals surface area contributed by atoms with Crippen LogP contribution in [0, 0.1) is 0 Å². The average Bonchev–Trinajstić information content (AvgIpc) is 3.57. The zero-order valence-corrected chi connectivity index (χ0v) is 25.2. The lowest BCUT2D eigenvalue weighted by atomic mass is 10.0. The number of benzene rings is 2. The van der Waals surface area contributed by atoms with E-state index in [9.17, 15) is 13.2 Å². The number of nitrogens with one attached hydrogen (secondary N) is 1. The van der Waals surface area contributed by atoms with Gasteiger partial charge in [-0.05, 0) is 61.5 Å². The number of thiophene rings is 1. The van der Waals surface area contributed by atoms with Gasteiger partial charge in [-0.1, -0.05) is 26.0 Å². The fourth-order valence-corrected chi connectivity index (χ4v) is 9.23. The molecule has 2 aliphatic heterocycles. The lowest BCUT2D eigenvalue weighted by molar-refractivity contribution is 0.102. The van der Waals surface area contributed by atoms with Gasteiger partial charge in [0.25, 0.3) is 5.91 Å². The van der Waals surface area contributed by atoms with E-state index in [-0.39, 0.29) is 10.8 Å². The molecule has 0 saturated carbocycles. The number of aromatic nitrogens is 1. The zero-order valence-electron chi connectivity index (χ0n) is 22.7. The van der Waals surface area contributed by atoms with Gasteiger partial charge >= 0.3 is 0 Å². The Balaban J connectivity index is 1.26. The molecular weight excluding hydrogens is 563 g/mol. The van der Waals surface area contributed by atoms with Crippen LogP contribution in [-0.4, -0.2) is 79.2 Å². The first-order valence-corrected chi connectivity index (χ1v) is 16.8. The van der Waals surface area contributed by atoms with Crippen LogP contribution in [0.2, 0.25) is 0 Å².